The molecule has 1 aromatic rings. The summed E-state index contributed by atoms with van der Waals surface area (Å²) in [7, 11) is 0. The third kappa shape index (κ3) is 2.37. The van der Waals surface area contributed by atoms with Gasteiger partial charge in [-0.1, -0.05) is 0 Å². The molecule has 3 nitrogen and oxygen atoms in total. The topological polar surface area (TPSA) is 46.2 Å². The van der Waals surface area contributed by atoms with Gasteiger partial charge in [0.2, 0.25) is 11.7 Å². The molecule has 0 aromatic heterocycles. The van der Waals surface area contributed by atoms with Gasteiger partial charge in [-0.3, -0.25) is 9.59 Å². The zero-order chi connectivity index (χ0) is 15.1. The van der Waals surface area contributed by atoms with Crippen LogP contribution in [-0.2, 0) is 11.2 Å². The molecule has 0 aliphatic carbocycles. The Hall–Kier alpha value is -1.99. The third-order valence-corrected chi connectivity index (χ3v) is 2.90. The van der Waals surface area contributed by atoms with E-state index < -0.39 is 23.4 Å². The molecule has 0 unspecified atom stereocenters. The van der Waals surface area contributed by atoms with Crippen LogP contribution >= 0.6 is 0 Å². The average molecular weight is 293 g/mol. The first-order valence-electron chi connectivity index (χ1n) is 5.55. The fourth-order valence-electron chi connectivity index (χ4n) is 1.83. The van der Waals surface area contributed by atoms with E-state index in [1.165, 1.54) is 0 Å². The maximum atomic E-state index is 13.0. The lowest BCUT2D eigenvalue weighted by molar-refractivity contribution is -0.255. The van der Waals surface area contributed by atoms with Crippen LogP contribution in [0, 0.1) is 0 Å². The number of halogens is 5. The Bertz CT molecular complexity index is 580. The van der Waals surface area contributed by atoms with Crippen molar-refractivity contribution in [3.63, 3.8) is 0 Å². The van der Waals surface area contributed by atoms with Crippen molar-refractivity contribution in [3.05, 3.63) is 29.3 Å². The van der Waals surface area contributed by atoms with Crippen molar-refractivity contribution >= 4 is 17.4 Å². The second-order valence-electron chi connectivity index (χ2n) is 4.32. The van der Waals surface area contributed by atoms with Crippen LogP contribution in [0.3, 0.4) is 0 Å². The minimum Gasteiger partial charge on any atom is -0.326 e. The van der Waals surface area contributed by atoms with Crippen LogP contribution in [0.4, 0.5) is 27.6 Å². The van der Waals surface area contributed by atoms with Crippen LogP contribution in [-0.4, -0.2) is 23.8 Å². The molecular formula is C12H8F5NO2. The molecule has 0 spiro atoms. The van der Waals surface area contributed by atoms with Gasteiger partial charge in [0.05, 0.1) is 0 Å². The number of benzene rings is 1. The number of hydrogen-bond donors (Lipinski definition) is 1. The van der Waals surface area contributed by atoms with Gasteiger partial charge < -0.3 is 5.32 Å². The van der Waals surface area contributed by atoms with Crippen molar-refractivity contribution in [1.82, 2.24) is 0 Å². The Morgan fingerprint density at radius 1 is 1.10 bits per heavy atom. The number of alkyl halides is 5. The van der Waals surface area contributed by atoms with Gasteiger partial charge in [0.25, 0.3) is 0 Å². The molecule has 0 fully saturated rings. The van der Waals surface area contributed by atoms with E-state index in [-0.39, 0.29) is 18.7 Å². The van der Waals surface area contributed by atoms with Crippen molar-refractivity contribution < 1.29 is 31.5 Å². The van der Waals surface area contributed by atoms with Crippen molar-refractivity contribution in [2.75, 3.05) is 5.32 Å². The minimum atomic E-state index is -5.94. The Morgan fingerprint density at radius 2 is 1.75 bits per heavy atom. The molecule has 20 heavy (non-hydrogen) atoms. The summed E-state index contributed by atoms with van der Waals surface area (Å²) in [5.41, 5.74) is -0.0660. The monoisotopic (exact) mass is 293 g/mol. The summed E-state index contributed by atoms with van der Waals surface area (Å²) in [4.78, 5) is 22.4. The Balaban J connectivity index is 2.35. The molecule has 0 radical (unpaired) electrons. The van der Waals surface area contributed by atoms with Crippen molar-refractivity contribution in [3.8, 4) is 0 Å². The summed E-state index contributed by atoms with van der Waals surface area (Å²) in [6, 6.07) is 2.94. The van der Waals surface area contributed by atoms with Crippen molar-refractivity contribution in [2.24, 2.45) is 0 Å². The highest BCUT2D eigenvalue weighted by molar-refractivity contribution is 6.03. The first-order chi connectivity index (χ1) is 9.13. The van der Waals surface area contributed by atoms with Crippen LogP contribution in [0.2, 0.25) is 0 Å². The van der Waals surface area contributed by atoms with Crippen LogP contribution in [0.1, 0.15) is 22.3 Å². The van der Waals surface area contributed by atoms with Gasteiger partial charge in [0, 0.05) is 17.7 Å². The highest BCUT2D eigenvalue weighted by Gasteiger charge is 2.63. The van der Waals surface area contributed by atoms with Gasteiger partial charge in [-0.2, -0.15) is 22.0 Å². The van der Waals surface area contributed by atoms with Gasteiger partial charge in [0.15, 0.2) is 0 Å². The number of Topliss-reactive ketones (excluding diaryl/α,β-unsaturated/α-hetero) is 1. The zero-order valence-electron chi connectivity index (χ0n) is 9.85. The number of fused-ring (bicyclic) bond motifs is 1. The van der Waals surface area contributed by atoms with E-state index in [2.05, 4.69) is 5.32 Å². The molecule has 0 atom stereocenters. The number of carbonyl (C=O) groups excluding carboxylic acids is 2. The number of aryl methyl sites for hydroxylation is 1. The summed E-state index contributed by atoms with van der Waals surface area (Å²) in [5.74, 6) is -8.01. The number of hydrogen-bond acceptors (Lipinski definition) is 2. The Labute approximate surface area is 109 Å². The van der Waals surface area contributed by atoms with E-state index >= 15 is 0 Å². The Morgan fingerprint density at radius 3 is 2.35 bits per heavy atom. The number of anilines is 1. The number of rotatable bonds is 2. The molecule has 0 saturated carbocycles. The summed E-state index contributed by atoms with van der Waals surface area (Å²) in [6.45, 7) is 0. The molecule has 1 amide bonds. The second-order valence-corrected chi connectivity index (χ2v) is 4.32. The van der Waals surface area contributed by atoms with Crippen LogP contribution in [0.15, 0.2) is 18.2 Å². The normalized spacial score (nSPS) is 15.6. The lowest BCUT2D eigenvalue weighted by Gasteiger charge is -2.20. The highest BCUT2D eigenvalue weighted by atomic mass is 19.4. The minimum absolute atomic E-state index is 0.0836. The molecular weight excluding hydrogens is 285 g/mol. The quantitative estimate of drug-likeness (QED) is 0.673. The molecule has 1 aromatic carbocycles. The number of nitrogens with one attached hydrogen (secondary N) is 1. The number of ketones is 1. The molecule has 1 N–H and O–H groups in total. The van der Waals surface area contributed by atoms with E-state index in [4.69, 9.17) is 0 Å². The molecule has 1 aliphatic heterocycles. The van der Waals surface area contributed by atoms with Crippen LogP contribution in [0.25, 0.3) is 0 Å². The van der Waals surface area contributed by atoms with Gasteiger partial charge in [-0.25, -0.2) is 0 Å². The lowest BCUT2D eigenvalue weighted by atomic mass is 9.97. The van der Waals surface area contributed by atoms with Crippen molar-refractivity contribution in [1.29, 1.82) is 0 Å². The van der Waals surface area contributed by atoms with Crippen LogP contribution < -0.4 is 5.32 Å². The maximum Gasteiger partial charge on any atom is 0.461 e. The molecule has 108 valence electrons. The average Bonchev–Trinajstić information content (AvgIpc) is 2.35. The molecule has 0 saturated heterocycles. The first kappa shape index (κ1) is 14.4. The smallest absolute Gasteiger partial charge is 0.326 e. The molecule has 0 bridgehead atoms. The fourth-order valence-corrected chi connectivity index (χ4v) is 1.83. The number of carbonyl (C=O) groups is 2. The summed E-state index contributed by atoms with van der Waals surface area (Å²) in [6.07, 6.45) is -5.67. The van der Waals surface area contributed by atoms with Gasteiger partial charge in [-0.05, 0) is 30.2 Å². The van der Waals surface area contributed by atoms with E-state index in [0.717, 1.165) is 18.2 Å². The lowest BCUT2D eigenvalue weighted by Crippen LogP contribution is -2.44. The van der Waals surface area contributed by atoms with E-state index in [0.29, 0.717) is 11.3 Å². The summed E-state index contributed by atoms with van der Waals surface area (Å²) < 4.78 is 62.3. The summed E-state index contributed by atoms with van der Waals surface area (Å²) >= 11 is 0. The highest BCUT2D eigenvalue weighted by Crippen LogP contribution is 2.38. The standard InChI is InChI=1S/C12H8F5NO2/c13-11(14,12(15,16)17)10(20)7-1-3-8-6(5-7)2-4-9(19)18-8/h1,3,5H,2,4H2,(H,18,19). The predicted octanol–water partition coefficient (Wildman–Crippen LogP) is 2.95. The fraction of sp³-hybridized carbons (Fsp3) is 0.333. The summed E-state index contributed by atoms with van der Waals surface area (Å²) in [5, 5.41) is 2.44. The number of amides is 1. The molecule has 2 rings (SSSR count). The van der Waals surface area contributed by atoms with E-state index in [1.54, 1.807) is 0 Å². The Kier molecular flexibility index (Phi) is 3.27. The first-order valence-corrected chi connectivity index (χ1v) is 5.55. The van der Waals surface area contributed by atoms with E-state index in [1.807, 2.05) is 0 Å². The second kappa shape index (κ2) is 4.53. The van der Waals surface area contributed by atoms with Gasteiger partial charge >= 0.3 is 12.1 Å². The SMILES string of the molecule is O=C1CCc2cc(C(=O)C(F)(F)C(F)(F)F)ccc2N1. The van der Waals surface area contributed by atoms with Gasteiger partial charge in [-0.15, -0.1) is 0 Å². The molecule has 8 heteroatoms. The van der Waals surface area contributed by atoms with Crippen molar-refractivity contribution in [2.45, 2.75) is 24.9 Å². The van der Waals surface area contributed by atoms with Gasteiger partial charge in [0.1, 0.15) is 0 Å². The maximum absolute atomic E-state index is 13.0. The predicted molar refractivity (Wildman–Crippen MR) is 58.7 cm³/mol. The molecule has 1 heterocycles. The molecule has 1 aliphatic rings. The van der Waals surface area contributed by atoms with Crippen LogP contribution in [0.5, 0.6) is 0 Å². The van der Waals surface area contributed by atoms with E-state index in [9.17, 15) is 31.5 Å². The third-order valence-electron chi connectivity index (χ3n) is 2.90. The zero-order valence-corrected chi connectivity index (χ0v) is 9.85. The largest absolute Gasteiger partial charge is 0.461 e.